The third kappa shape index (κ3) is 2.69. The average Bonchev–Trinajstić information content (AvgIpc) is 2.36. The van der Waals surface area contributed by atoms with Gasteiger partial charge < -0.3 is 10.2 Å². The summed E-state index contributed by atoms with van der Waals surface area (Å²) in [5, 5.41) is 1.04. The monoisotopic (exact) mass is 259 g/mol. The molecule has 0 radical (unpaired) electrons. The summed E-state index contributed by atoms with van der Waals surface area (Å²) in [4.78, 5) is 4.72. The van der Waals surface area contributed by atoms with Crippen molar-refractivity contribution in [2.75, 3.05) is 12.5 Å². The zero-order valence-corrected chi connectivity index (χ0v) is 11.9. The van der Waals surface area contributed by atoms with E-state index in [2.05, 4.69) is 32.3 Å². The Hall–Kier alpha value is -1.65. The number of nitrogens with zero attached hydrogens (tertiary/aromatic N) is 1. The molecule has 0 saturated carbocycles. The molecule has 0 aliphatic rings. The van der Waals surface area contributed by atoms with Crippen LogP contribution in [-0.4, -0.2) is 12.1 Å². The summed E-state index contributed by atoms with van der Waals surface area (Å²) in [6, 6.07) is 8.12. The molecule has 0 bridgehead atoms. The Kier molecular flexibility index (Phi) is 3.73. The van der Waals surface area contributed by atoms with Crippen LogP contribution in [0.3, 0.4) is 0 Å². The maximum Gasteiger partial charge on any atom is 0.0885 e. The molecule has 1 heterocycles. The first kappa shape index (κ1) is 13.8. The van der Waals surface area contributed by atoms with Gasteiger partial charge in [0.1, 0.15) is 0 Å². The number of hydrogen-bond acceptors (Lipinski definition) is 4. The number of benzene rings is 1. The van der Waals surface area contributed by atoms with Crippen molar-refractivity contribution in [3.05, 3.63) is 35.5 Å². The quantitative estimate of drug-likeness (QED) is 0.657. The molecule has 1 aromatic heterocycles. The van der Waals surface area contributed by atoms with E-state index in [4.69, 9.17) is 15.6 Å². The van der Waals surface area contributed by atoms with Gasteiger partial charge in [-0.2, -0.15) is 0 Å². The van der Waals surface area contributed by atoms with E-state index in [0.717, 1.165) is 22.3 Å². The standard InChI is InChI=1S/C15H21N3O/c1-15(2,3)12-7-5-6-11-13(18-16)8-10(9-19-4)17-14(11)12/h5-8H,9,16H2,1-4H3,(H,17,18). The molecule has 0 amide bonds. The molecule has 0 unspecified atom stereocenters. The third-order valence-corrected chi connectivity index (χ3v) is 3.15. The first-order chi connectivity index (χ1) is 8.97. The number of methoxy groups -OCH3 is 1. The fourth-order valence-electron chi connectivity index (χ4n) is 2.25. The summed E-state index contributed by atoms with van der Waals surface area (Å²) in [5.74, 6) is 5.62. The normalized spacial score (nSPS) is 11.8. The van der Waals surface area contributed by atoms with Gasteiger partial charge >= 0.3 is 0 Å². The lowest BCUT2D eigenvalue weighted by Gasteiger charge is -2.21. The molecule has 19 heavy (non-hydrogen) atoms. The molecule has 4 nitrogen and oxygen atoms in total. The number of para-hydroxylation sites is 1. The largest absolute Gasteiger partial charge is 0.378 e. The number of hydrogen-bond donors (Lipinski definition) is 2. The highest BCUT2D eigenvalue weighted by atomic mass is 16.5. The summed E-state index contributed by atoms with van der Waals surface area (Å²) in [7, 11) is 1.66. The summed E-state index contributed by atoms with van der Waals surface area (Å²) >= 11 is 0. The number of nitrogens with one attached hydrogen (secondary N) is 1. The topological polar surface area (TPSA) is 60.2 Å². The van der Waals surface area contributed by atoms with Crippen LogP contribution < -0.4 is 11.3 Å². The van der Waals surface area contributed by atoms with Crippen LogP contribution in [-0.2, 0) is 16.8 Å². The van der Waals surface area contributed by atoms with Crippen LogP contribution in [0.25, 0.3) is 10.9 Å². The van der Waals surface area contributed by atoms with Crippen molar-refractivity contribution in [1.29, 1.82) is 0 Å². The minimum Gasteiger partial charge on any atom is -0.378 e. The number of nitrogen functional groups attached to an aromatic ring is 1. The van der Waals surface area contributed by atoms with Crippen LogP contribution in [0.5, 0.6) is 0 Å². The molecule has 0 saturated heterocycles. The number of rotatable bonds is 3. The van der Waals surface area contributed by atoms with Crippen molar-refractivity contribution >= 4 is 16.6 Å². The SMILES string of the molecule is COCc1cc(NN)c2cccc(C(C)(C)C)c2n1. The van der Waals surface area contributed by atoms with E-state index in [1.807, 2.05) is 18.2 Å². The van der Waals surface area contributed by atoms with Crippen LogP contribution in [0.2, 0.25) is 0 Å². The van der Waals surface area contributed by atoms with Crippen molar-refractivity contribution in [2.24, 2.45) is 5.84 Å². The van der Waals surface area contributed by atoms with E-state index >= 15 is 0 Å². The number of pyridine rings is 1. The smallest absolute Gasteiger partial charge is 0.0885 e. The van der Waals surface area contributed by atoms with Crippen molar-refractivity contribution in [3.8, 4) is 0 Å². The van der Waals surface area contributed by atoms with Crippen molar-refractivity contribution in [1.82, 2.24) is 4.98 Å². The molecule has 102 valence electrons. The maximum absolute atomic E-state index is 5.62. The first-order valence-electron chi connectivity index (χ1n) is 6.36. The predicted molar refractivity (Wildman–Crippen MR) is 79.0 cm³/mol. The molecule has 0 aliphatic carbocycles. The predicted octanol–water partition coefficient (Wildman–Crippen LogP) is 2.96. The van der Waals surface area contributed by atoms with Gasteiger partial charge in [0.25, 0.3) is 0 Å². The van der Waals surface area contributed by atoms with Gasteiger partial charge in [-0.3, -0.25) is 5.84 Å². The number of aromatic nitrogens is 1. The molecule has 0 atom stereocenters. The molecule has 0 fully saturated rings. The Labute approximate surface area is 113 Å². The summed E-state index contributed by atoms with van der Waals surface area (Å²) < 4.78 is 5.17. The van der Waals surface area contributed by atoms with Crippen molar-refractivity contribution in [3.63, 3.8) is 0 Å². The highest BCUT2D eigenvalue weighted by Crippen LogP contribution is 2.32. The van der Waals surface area contributed by atoms with E-state index in [9.17, 15) is 0 Å². The molecule has 2 rings (SSSR count). The third-order valence-electron chi connectivity index (χ3n) is 3.15. The molecule has 2 aromatic rings. The summed E-state index contributed by atoms with van der Waals surface area (Å²) in [6.45, 7) is 7.02. The zero-order chi connectivity index (χ0) is 14.0. The molecule has 0 spiro atoms. The highest BCUT2D eigenvalue weighted by molar-refractivity contribution is 5.93. The Morgan fingerprint density at radius 1 is 1.32 bits per heavy atom. The maximum atomic E-state index is 5.62. The second-order valence-electron chi connectivity index (χ2n) is 5.69. The molecule has 1 aromatic carbocycles. The van der Waals surface area contributed by atoms with Gasteiger partial charge in [-0.15, -0.1) is 0 Å². The van der Waals surface area contributed by atoms with Gasteiger partial charge in [-0.25, -0.2) is 4.98 Å². The van der Waals surface area contributed by atoms with Gasteiger partial charge in [0.05, 0.1) is 23.5 Å². The van der Waals surface area contributed by atoms with E-state index in [1.54, 1.807) is 7.11 Å². The number of hydrazine groups is 1. The van der Waals surface area contributed by atoms with Gasteiger partial charge in [-0.05, 0) is 17.0 Å². The van der Waals surface area contributed by atoms with Gasteiger partial charge in [0, 0.05) is 12.5 Å². The second kappa shape index (κ2) is 5.15. The molecule has 0 aliphatic heterocycles. The van der Waals surface area contributed by atoms with Crippen molar-refractivity contribution in [2.45, 2.75) is 32.8 Å². The van der Waals surface area contributed by atoms with E-state index in [1.165, 1.54) is 5.56 Å². The van der Waals surface area contributed by atoms with Crippen LogP contribution in [0.1, 0.15) is 32.0 Å². The zero-order valence-electron chi connectivity index (χ0n) is 11.9. The number of ether oxygens (including phenoxy) is 1. The Morgan fingerprint density at radius 3 is 2.63 bits per heavy atom. The highest BCUT2D eigenvalue weighted by Gasteiger charge is 2.19. The lowest BCUT2D eigenvalue weighted by Crippen LogP contribution is -2.14. The average molecular weight is 259 g/mol. The van der Waals surface area contributed by atoms with Crippen LogP contribution >= 0.6 is 0 Å². The van der Waals surface area contributed by atoms with Crippen LogP contribution in [0.15, 0.2) is 24.3 Å². The molecule has 4 heteroatoms. The Balaban J connectivity index is 2.76. The van der Waals surface area contributed by atoms with E-state index in [-0.39, 0.29) is 5.41 Å². The number of fused-ring (bicyclic) bond motifs is 1. The lowest BCUT2D eigenvalue weighted by atomic mass is 9.85. The van der Waals surface area contributed by atoms with Gasteiger partial charge in [0.2, 0.25) is 0 Å². The van der Waals surface area contributed by atoms with Crippen LogP contribution in [0.4, 0.5) is 5.69 Å². The fourth-order valence-corrected chi connectivity index (χ4v) is 2.25. The summed E-state index contributed by atoms with van der Waals surface area (Å²) in [6.07, 6.45) is 0. The first-order valence-corrected chi connectivity index (χ1v) is 6.36. The number of nitrogens with two attached hydrogens (primary N) is 1. The number of anilines is 1. The minimum absolute atomic E-state index is 0.0318. The lowest BCUT2D eigenvalue weighted by molar-refractivity contribution is 0.182. The summed E-state index contributed by atoms with van der Waals surface area (Å²) in [5.41, 5.74) is 6.73. The van der Waals surface area contributed by atoms with E-state index < -0.39 is 0 Å². The van der Waals surface area contributed by atoms with Gasteiger partial charge in [0.15, 0.2) is 0 Å². The second-order valence-corrected chi connectivity index (χ2v) is 5.69. The molecular formula is C15H21N3O. The molecular weight excluding hydrogens is 238 g/mol. The van der Waals surface area contributed by atoms with E-state index in [0.29, 0.717) is 6.61 Å². The molecule has 3 N–H and O–H groups in total. The minimum atomic E-state index is 0.0318. The van der Waals surface area contributed by atoms with Crippen LogP contribution in [0, 0.1) is 0 Å². The van der Waals surface area contributed by atoms with Crippen molar-refractivity contribution < 1.29 is 4.74 Å². The fraction of sp³-hybridized carbons (Fsp3) is 0.400. The Bertz CT molecular complexity index is 588. The van der Waals surface area contributed by atoms with Gasteiger partial charge in [-0.1, -0.05) is 39.0 Å². The Morgan fingerprint density at radius 2 is 2.05 bits per heavy atom.